The van der Waals surface area contributed by atoms with Crippen LogP contribution in [-0.4, -0.2) is 26.0 Å². The van der Waals surface area contributed by atoms with Gasteiger partial charge < -0.3 is 14.2 Å². The van der Waals surface area contributed by atoms with Crippen molar-refractivity contribution in [1.29, 1.82) is 0 Å². The molecule has 1 aromatic carbocycles. The molecule has 0 N–H and O–H groups in total. The Balaban J connectivity index is 2.29. The van der Waals surface area contributed by atoms with Crippen molar-refractivity contribution in [3.63, 3.8) is 0 Å². The van der Waals surface area contributed by atoms with Crippen LogP contribution in [0.2, 0.25) is 0 Å². The number of pyridine rings is 1. The van der Waals surface area contributed by atoms with Crippen LogP contribution in [0.15, 0.2) is 39.3 Å². The van der Waals surface area contributed by atoms with Gasteiger partial charge in [-0.05, 0) is 46.3 Å². The number of halogens is 2. The van der Waals surface area contributed by atoms with Crippen LogP contribution in [0, 0.1) is 0 Å². The summed E-state index contributed by atoms with van der Waals surface area (Å²) in [6, 6.07) is 9.50. The summed E-state index contributed by atoms with van der Waals surface area (Å²) in [7, 11) is 3.18. The fourth-order valence-electron chi connectivity index (χ4n) is 1.73. The Bertz CT molecular complexity index is 674. The molecule has 0 radical (unpaired) electrons. The van der Waals surface area contributed by atoms with E-state index in [0.29, 0.717) is 5.88 Å². The van der Waals surface area contributed by atoms with E-state index in [4.69, 9.17) is 14.2 Å². The van der Waals surface area contributed by atoms with Crippen molar-refractivity contribution < 1.29 is 14.2 Å². The molecule has 0 aliphatic heterocycles. The maximum Gasteiger partial charge on any atom is 0.213 e. The quantitative estimate of drug-likeness (QED) is 0.621. The predicted molar refractivity (Wildman–Crippen MR) is 94.1 cm³/mol. The minimum absolute atomic E-state index is 0.193. The Labute approximate surface area is 146 Å². The van der Waals surface area contributed by atoms with Crippen molar-refractivity contribution >= 4 is 44.0 Å². The molecule has 0 spiro atoms. The summed E-state index contributed by atoms with van der Waals surface area (Å²) in [5, 5.41) is 0. The molecule has 0 atom stereocenters. The topological polar surface area (TPSA) is 40.6 Å². The second-order valence-electron chi connectivity index (χ2n) is 4.29. The molecular weight excluding hydrogens is 414 g/mol. The molecule has 116 valence electrons. The van der Waals surface area contributed by atoms with Gasteiger partial charge in [-0.15, -0.1) is 0 Å². The van der Waals surface area contributed by atoms with Crippen LogP contribution in [0.1, 0.15) is 11.3 Å². The minimum Gasteiger partial charge on any atom is -0.481 e. The number of hydrogen-bond donors (Lipinski definition) is 0. The zero-order valence-corrected chi connectivity index (χ0v) is 15.3. The lowest BCUT2D eigenvalue weighted by Gasteiger charge is -2.09. The van der Waals surface area contributed by atoms with Crippen LogP contribution in [0.5, 0.6) is 11.6 Å². The van der Waals surface area contributed by atoms with Gasteiger partial charge in [-0.2, -0.15) is 0 Å². The largest absolute Gasteiger partial charge is 0.481 e. The average molecular weight is 429 g/mol. The number of methoxy groups -OCH3 is 2. The zero-order chi connectivity index (χ0) is 15.9. The molecule has 0 saturated heterocycles. The molecule has 6 heteroatoms. The lowest BCUT2D eigenvalue weighted by Crippen LogP contribution is -2.00. The van der Waals surface area contributed by atoms with Crippen LogP contribution in [0.4, 0.5) is 0 Å². The Morgan fingerprint density at radius 1 is 1.09 bits per heavy atom. The van der Waals surface area contributed by atoms with Crippen LogP contribution < -0.4 is 9.47 Å². The van der Waals surface area contributed by atoms with Gasteiger partial charge in [0, 0.05) is 27.7 Å². The first-order chi connectivity index (χ1) is 10.6. The van der Waals surface area contributed by atoms with Gasteiger partial charge in [-0.25, -0.2) is 4.98 Å². The van der Waals surface area contributed by atoms with E-state index < -0.39 is 0 Å². The number of hydrogen-bond acceptors (Lipinski definition) is 4. The summed E-state index contributed by atoms with van der Waals surface area (Å²) in [4.78, 5) is 4.38. The molecular formula is C16H15Br2NO3. The van der Waals surface area contributed by atoms with Crippen LogP contribution >= 0.6 is 31.9 Å². The monoisotopic (exact) mass is 427 g/mol. The molecule has 4 nitrogen and oxygen atoms in total. The van der Waals surface area contributed by atoms with Crippen molar-refractivity contribution in [2.75, 3.05) is 21.0 Å². The molecule has 0 bridgehead atoms. The van der Waals surface area contributed by atoms with Gasteiger partial charge >= 0.3 is 0 Å². The van der Waals surface area contributed by atoms with Gasteiger partial charge in [0.2, 0.25) is 5.88 Å². The smallest absolute Gasteiger partial charge is 0.213 e. The molecule has 22 heavy (non-hydrogen) atoms. The van der Waals surface area contributed by atoms with Gasteiger partial charge in [0.05, 0.1) is 12.8 Å². The molecule has 0 fully saturated rings. The Kier molecular flexibility index (Phi) is 6.42. The fraction of sp³-hybridized carbons (Fsp3) is 0.188. The van der Waals surface area contributed by atoms with Crippen molar-refractivity contribution in [1.82, 2.24) is 4.98 Å². The average Bonchev–Trinajstić information content (AvgIpc) is 2.53. The van der Waals surface area contributed by atoms with Crippen molar-refractivity contribution in [2.24, 2.45) is 0 Å². The van der Waals surface area contributed by atoms with Gasteiger partial charge in [-0.1, -0.05) is 22.0 Å². The van der Waals surface area contributed by atoms with E-state index in [1.54, 1.807) is 20.3 Å². The summed E-state index contributed by atoms with van der Waals surface area (Å²) >= 11 is 6.91. The molecule has 2 rings (SSSR count). The summed E-state index contributed by atoms with van der Waals surface area (Å²) in [6.45, 7) is 0.193. The number of nitrogens with zero attached hydrogens (tertiary/aromatic N) is 1. The van der Waals surface area contributed by atoms with Gasteiger partial charge in [0.15, 0.2) is 6.79 Å². The molecule has 2 aromatic rings. The molecule has 0 aliphatic carbocycles. The molecule has 0 aliphatic rings. The van der Waals surface area contributed by atoms with Gasteiger partial charge in [0.1, 0.15) is 5.75 Å². The third kappa shape index (κ3) is 4.56. The summed E-state index contributed by atoms with van der Waals surface area (Å²) in [5.41, 5.74) is 1.71. The summed E-state index contributed by atoms with van der Waals surface area (Å²) in [5.74, 6) is 1.29. The molecule has 1 aromatic heterocycles. The number of aromatic nitrogens is 1. The van der Waals surface area contributed by atoms with Crippen LogP contribution in [-0.2, 0) is 4.74 Å². The van der Waals surface area contributed by atoms with Gasteiger partial charge in [-0.3, -0.25) is 0 Å². The lowest BCUT2D eigenvalue weighted by molar-refractivity contribution is 0.0509. The zero-order valence-electron chi connectivity index (χ0n) is 12.2. The Morgan fingerprint density at radius 2 is 1.91 bits per heavy atom. The highest BCUT2D eigenvalue weighted by molar-refractivity contribution is 9.10. The highest BCUT2D eigenvalue weighted by Gasteiger charge is 2.04. The normalized spacial score (nSPS) is 10.9. The van der Waals surface area contributed by atoms with E-state index >= 15 is 0 Å². The first-order valence-corrected chi connectivity index (χ1v) is 8.02. The summed E-state index contributed by atoms with van der Waals surface area (Å²) < 4.78 is 17.5. The van der Waals surface area contributed by atoms with Crippen LogP contribution in [0.25, 0.3) is 12.2 Å². The number of ether oxygens (including phenoxy) is 3. The first-order valence-electron chi connectivity index (χ1n) is 6.44. The molecule has 1 heterocycles. The van der Waals surface area contributed by atoms with Crippen LogP contribution in [0.3, 0.4) is 0 Å². The maximum atomic E-state index is 5.57. The van der Waals surface area contributed by atoms with E-state index in [1.165, 1.54) is 0 Å². The number of benzene rings is 1. The minimum atomic E-state index is 0.193. The predicted octanol–water partition coefficient (Wildman–Crippen LogP) is 4.77. The molecule has 0 unspecified atom stereocenters. The third-order valence-corrected chi connectivity index (χ3v) is 3.95. The van der Waals surface area contributed by atoms with Crippen molar-refractivity contribution in [3.8, 4) is 11.6 Å². The first kappa shape index (κ1) is 17.0. The lowest BCUT2D eigenvalue weighted by atomic mass is 10.1. The van der Waals surface area contributed by atoms with Crippen molar-refractivity contribution in [2.45, 2.75) is 0 Å². The van der Waals surface area contributed by atoms with Crippen molar-refractivity contribution in [3.05, 3.63) is 50.5 Å². The Hall–Kier alpha value is -1.37. The van der Waals surface area contributed by atoms with Gasteiger partial charge in [0.25, 0.3) is 0 Å². The number of rotatable bonds is 6. The molecule has 0 amide bonds. The highest BCUT2D eigenvalue weighted by atomic mass is 79.9. The Morgan fingerprint density at radius 3 is 2.64 bits per heavy atom. The van der Waals surface area contributed by atoms with E-state index in [9.17, 15) is 0 Å². The second kappa shape index (κ2) is 8.31. The second-order valence-corrected chi connectivity index (χ2v) is 6.06. The fourth-order valence-corrected chi connectivity index (χ4v) is 2.42. The van der Waals surface area contributed by atoms with E-state index in [0.717, 1.165) is 26.0 Å². The SMILES string of the molecule is COCOc1cc(Br)ccc1C=Cc1nc(OC)ccc1Br. The van der Waals surface area contributed by atoms with E-state index in [1.807, 2.05) is 36.4 Å². The highest BCUT2D eigenvalue weighted by Crippen LogP contribution is 2.27. The van der Waals surface area contributed by atoms with E-state index in [2.05, 4.69) is 36.8 Å². The standard InChI is InChI=1S/C16H15Br2NO3/c1-20-10-22-15-9-12(17)5-3-11(15)4-7-14-13(18)6-8-16(19-14)21-2/h3-9H,10H2,1-2H3. The third-order valence-electron chi connectivity index (χ3n) is 2.79. The maximum absolute atomic E-state index is 5.57. The van der Waals surface area contributed by atoms with E-state index in [-0.39, 0.29) is 6.79 Å². The molecule has 0 saturated carbocycles. The summed E-state index contributed by atoms with van der Waals surface area (Å²) in [6.07, 6.45) is 3.83.